The van der Waals surface area contributed by atoms with Crippen LogP contribution in [0, 0.1) is 11.8 Å². The van der Waals surface area contributed by atoms with E-state index in [2.05, 4.69) is 6.58 Å². The zero-order valence-electron chi connectivity index (χ0n) is 18.2. The minimum absolute atomic E-state index is 0.232. The molecule has 11 nitrogen and oxygen atoms in total. The molecule has 0 saturated carbocycles. The first-order chi connectivity index (χ1) is 16.3. The van der Waals surface area contributed by atoms with Gasteiger partial charge in [-0.25, -0.2) is 4.79 Å². The molecule has 11 heteroatoms. The summed E-state index contributed by atoms with van der Waals surface area (Å²) in [6.45, 7) is 3.22. The second-order valence-corrected chi connectivity index (χ2v) is 8.33. The number of carbonyl (C=O) groups is 1. The van der Waals surface area contributed by atoms with Crippen molar-refractivity contribution < 1.29 is 54.0 Å². The van der Waals surface area contributed by atoms with E-state index in [0.717, 1.165) is 0 Å². The van der Waals surface area contributed by atoms with E-state index in [1.54, 1.807) is 6.08 Å². The van der Waals surface area contributed by atoms with Gasteiger partial charge in [0, 0.05) is 17.4 Å². The second-order valence-electron chi connectivity index (χ2n) is 8.33. The van der Waals surface area contributed by atoms with E-state index in [9.17, 15) is 30.3 Å². The highest BCUT2D eigenvalue weighted by atomic mass is 16.8. The summed E-state index contributed by atoms with van der Waals surface area (Å²) in [5.74, 6) is -1.91. The molecule has 3 aliphatic heterocycles. The number of cyclic esters (lactones) is 1. The van der Waals surface area contributed by atoms with Crippen LogP contribution in [0.4, 0.5) is 0 Å². The Balaban J connectivity index is 1.54. The smallest absolute Gasteiger partial charge is 0.337 e. The first-order valence-electron chi connectivity index (χ1n) is 10.9. The van der Waals surface area contributed by atoms with Crippen molar-refractivity contribution in [2.24, 2.45) is 11.8 Å². The highest BCUT2D eigenvalue weighted by Gasteiger charge is 2.49. The van der Waals surface area contributed by atoms with Gasteiger partial charge in [-0.15, -0.1) is 6.58 Å². The summed E-state index contributed by atoms with van der Waals surface area (Å²) in [7, 11) is 0. The van der Waals surface area contributed by atoms with Crippen molar-refractivity contribution in [1.29, 1.82) is 0 Å². The maximum atomic E-state index is 12.1. The van der Waals surface area contributed by atoms with E-state index in [1.165, 1.54) is 24.5 Å². The van der Waals surface area contributed by atoms with Gasteiger partial charge in [0.25, 0.3) is 0 Å². The van der Waals surface area contributed by atoms with Crippen LogP contribution in [0.3, 0.4) is 0 Å². The maximum absolute atomic E-state index is 12.1. The lowest BCUT2D eigenvalue weighted by Gasteiger charge is -2.44. The summed E-state index contributed by atoms with van der Waals surface area (Å²) in [5, 5.41) is 50.4. The average molecular weight is 480 g/mol. The van der Waals surface area contributed by atoms with Gasteiger partial charge in [-0.05, 0) is 12.5 Å². The number of hydrogen-bond acceptors (Lipinski definition) is 11. The molecule has 2 saturated heterocycles. The normalized spacial score (nSPS) is 35.5. The van der Waals surface area contributed by atoms with Gasteiger partial charge >= 0.3 is 5.97 Å². The van der Waals surface area contributed by atoms with E-state index in [0.29, 0.717) is 12.0 Å². The van der Waals surface area contributed by atoms with Crippen LogP contribution in [-0.4, -0.2) is 81.7 Å². The van der Waals surface area contributed by atoms with Crippen molar-refractivity contribution in [2.75, 3.05) is 13.2 Å². The Labute approximate surface area is 195 Å². The lowest BCUT2D eigenvalue weighted by molar-refractivity contribution is -0.347. The van der Waals surface area contributed by atoms with E-state index in [1.807, 2.05) is 0 Å². The fourth-order valence-corrected chi connectivity index (χ4v) is 4.38. The van der Waals surface area contributed by atoms with E-state index in [4.69, 9.17) is 23.7 Å². The van der Waals surface area contributed by atoms with Gasteiger partial charge in [-0.3, -0.25) is 0 Å². The molecule has 3 aliphatic rings. The third kappa shape index (κ3) is 4.63. The highest BCUT2D eigenvalue weighted by Crippen LogP contribution is 2.39. The minimum Gasteiger partial charge on any atom is -0.504 e. The molecule has 0 aromatic heterocycles. The van der Waals surface area contributed by atoms with Crippen molar-refractivity contribution >= 4 is 5.97 Å². The Bertz CT molecular complexity index is 931. The number of fused-ring (bicyclic) bond motifs is 1. The van der Waals surface area contributed by atoms with Crippen molar-refractivity contribution in [2.45, 2.75) is 50.0 Å². The molecule has 8 atom stereocenters. The number of phenols is 2. The zero-order valence-corrected chi connectivity index (χ0v) is 18.2. The molecular weight excluding hydrogens is 452 g/mol. The van der Waals surface area contributed by atoms with Gasteiger partial charge in [0.2, 0.25) is 6.29 Å². The molecule has 4 rings (SSSR count). The van der Waals surface area contributed by atoms with Crippen molar-refractivity contribution in [3.8, 4) is 11.5 Å². The number of benzene rings is 1. The number of para-hydroxylation sites is 1. The van der Waals surface area contributed by atoms with Gasteiger partial charge in [0.1, 0.15) is 24.4 Å². The van der Waals surface area contributed by atoms with E-state index >= 15 is 0 Å². The van der Waals surface area contributed by atoms with Crippen LogP contribution in [0.15, 0.2) is 42.7 Å². The summed E-state index contributed by atoms with van der Waals surface area (Å²) < 4.78 is 28.1. The quantitative estimate of drug-likeness (QED) is 0.203. The molecule has 34 heavy (non-hydrogen) atoms. The molecule has 0 spiro atoms. The number of aliphatic hydroxyl groups excluding tert-OH is 3. The molecule has 2 fully saturated rings. The topological polar surface area (TPSA) is 164 Å². The van der Waals surface area contributed by atoms with Crippen LogP contribution >= 0.6 is 0 Å². The predicted molar refractivity (Wildman–Crippen MR) is 113 cm³/mol. The largest absolute Gasteiger partial charge is 0.504 e. The summed E-state index contributed by atoms with van der Waals surface area (Å²) in [4.78, 5) is 12.1. The van der Waals surface area contributed by atoms with Crippen LogP contribution in [0.1, 0.15) is 12.0 Å². The van der Waals surface area contributed by atoms with Crippen molar-refractivity contribution in [3.63, 3.8) is 0 Å². The number of aliphatic hydroxyl groups is 3. The highest BCUT2D eigenvalue weighted by molar-refractivity contribution is 5.89. The third-order valence-corrected chi connectivity index (χ3v) is 6.30. The van der Waals surface area contributed by atoms with Crippen LogP contribution in [0.2, 0.25) is 0 Å². The molecule has 3 heterocycles. The number of ether oxygens (including phenoxy) is 5. The SMILES string of the molecule is C=C[C@H]1[C@H](O[C@@H]2O[C@H](CO)[C@@H](O)[C@H](O)[C@H]2OCc2cccc(O)c2O)OC=C2C(=O)OCC[C@H]21. The fourth-order valence-electron chi connectivity index (χ4n) is 4.38. The molecule has 0 unspecified atom stereocenters. The molecule has 5 N–H and O–H groups in total. The summed E-state index contributed by atoms with van der Waals surface area (Å²) in [6, 6.07) is 4.33. The van der Waals surface area contributed by atoms with Gasteiger partial charge in [0.15, 0.2) is 17.8 Å². The molecule has 0 amide bonds. The Morgan fingerprint density at radius 1 is 1.18 bits per heavy atom. The van der Waals surface area contributed by atoms with Crippen LogP contribution in [0.25, 0.3) is 0 Å². The molecule has 1 aromatic carbocycles. The monoisotopic (exact) mass is 480 g/mol. The lowest BCUT2D eigenvalue weighted by atomic mass is 9.81. The van der Waals surface area contributed by atoms with Crippen LogP contribution in [0.5, 0.6) is 11.5 Å². The Morgan fingerprint density at radius 2 is 1.97 bits per heavy atom. The number of phenolic OH excluding ortho intramolecular Hbond substituents is 2. The molecule has 0 bridgehead atoms. The van der Waals surface area contributed by atoms with Crippen molar-refractivity contribution in [3.05, 3.63) is 48.3 Å². The van der Waals surface area contributed by atoms with Gasteiger partial charge in [0.05, 0.1) is 31.7 Å². The van der Waals surface area contributed by atoms with Gasteiger partial charge < -0.3 is 49.2 Å². The number of aromatic hydroxyl groups is 2. The molecule has 0 aliphatic carbocycles. The second kappa shape index (κ2) is 10.3. The van der Waals surface area contributed by atoms with Crippen molar-refractivity contribution in [1.82, 2.24) is 0 Å². The van der Waals surface area contributed by atoms with Crippen LogP contribution in [-0.2, 0) is 35.1 Å². The standard InChI is InChI=1S/C23H28O11/c1-2-12-13-6-7-30-21(29)14(13)10-32-22(12)34-23-20(19(28)18(27)16(8-24)33-23)31-9-11-4-3-5-15(25)17(11)26/h2-5,10,12-13,16,18-20,22-28H,1,6-9H2/t12-,13+,16-,18-,19+,20-,22+,23+/m1/s1. The van der Waals surface area contributed by atoms with E-state index < -0.39 is 55.5 Å². The number of esters is 1. The maximum Gasteiger partial charge on any atom is 0.337 e. The van der Waals surface area contributed by atoms with Gasteiger partial charge in [-0.2, -0.15) is 0 Å². The first kappa shape index (κ1) is 24.5. The third-order valence-electron chi connectivity index (χ3n) is 6.30. The Morgan fingerprint density at radius 3 is 2.71 bits per heavy atom. The molecular formula is C23H28O11. The summed E-state index contributed by atoms with van der Waals surface area (Å²) in [5.41, 5.74) is 0.604. The van der Waals surface area contributed by atoms with Crippen LogP contribution < -0.4 is 0 Å². The average Bonchev–Trinajstić information content (AvgIpc) is 2.83. The Kier molecular flexibility index (Phi) is 7.41. The Hall–Kier alpha value is -2.67. The number of rotatable bonds is 7. The zero-order chi connectivity index (χ0) is 24.4. The van der Waals surface area contributed by atoms with Gasteiger partial charge in [-0.1, -0.05) is 18.2 Å². The predicted octanol–water partition coefficient (Wildman–Crippen LogP) is 0.0441. The number of carbonyl (C=O) groups excluding carboxylic acids is 1. The summed E-state index contributed by atoms with van der Waals surface area (Å²) >= 11 is 0. The molecule has 1 aromatic rings. The first-order valence-corrected chi connectivity index (χ1v) is 10.9. The molecule has 186 valence electrons. The summed E-state index contributed by atoms with van der Waals surface area (Å²) in [6.07, 6.45) is -4.26. The van der Waals surface area contributed by atoms with E-state index in [-0.39, 0.29) is 36.2 Å². The number of hydrogen-bond donors (Lipinski definition) is 5. The molecule has 0 radical (unpaired) electrons. The minimum atomic E-state index is -1.52. The fraction of sp³-hybridized carbons (Fsp3) is 0.522. The lowest BCUT2D eigenvalue weighted by Crippen LogP contribution is -2.61.